The number of esters is 1. The van der Waals surface area contributed by atoms with Gasteiger partial charge in [0.2, 0.25) is 0 Å². The van der Waals surface area contributed by atoms with Crippen LogP contribution < -0.4 is 5.73 Å². The zero-order valence-electron chi connectivity index (χ0n) is 19.2. The largest absolute Gasteiger partial charge is 0.465 e. The molecule has 2 aliphatic rings. The summed E-state index contributed by atoms with van der Waals surface area (Å²) < 4.78 is 5.31. The number of anilines is 1. The van der Waals surface area contributed by atoms with Crippen LogP contribution in [0, 0.1) is 11.8 Å². The minimum absolute atomic E-state index is 0.132. The lowest BCUT2D eigenvalue weighted by Crippen LogP contribution is -2.79. The van der Waals surface area contributed by atoms with Crippen molar-refractivity contribution < 1.29 is 19.7 Å². The zero-order valence-corrected chi connectivity index (χ0v) is 19.2. The Labute approximate surface area is 185 Å². The number of rotatable bonds is 8. The van der Waals surface area contributed by atoms with Gasteiger partial charge in [0.25, 0.3) is 0 Å². The minimum Gasteiger partial charge on any atom is -0.465 e. The van der Waals surface area contributed by atoms with Gasteiger partial charge in [-0.25, -0.2) is 9.88 Å². The summed E-state index contributed by atoms with van der Waals surface area (Å²) in [5.74, 6) is 0.0125. The van der Waals surface area contributed by atoms with Gasteiger partial charge >= 0.3 is 5.97 Å². The van der Waals surface area contributed by atoms with E-state index in [-0.39, 0.29) is 12.6 Å². The van der Waals surface area contributed by atoms with Gasteiger partial charge in [-0.1, -0.05) is 19.3 Å². The summed E-state index contributed by atoms with van der Waals surface area (Å²) in [6.45, 7) is 5.76. The molecule has 0 spiro atoms. The van der Waals surface area contributed by atoms with Crippen LogP contribution in [0.5, 0.6) is 0 Å². The van der Waals surface area contributed by atoms with Crippen LogP contribution in [0.2, 0.25) is 0 Å². The number of pyridine rings is 1. The fourth-order valence-corrected chi connectivity index (χ4v) is 5.30. The molecule has 31 heavy (non-hydrogen) atoms. The highest BCUT2D eigenvalue weighted by Gasteiger charge is 2.63. The predicted octanol–water partition coefficient (Wildman–Crippen LogP) is 1.95. The zero-order chi connectivity index (χ0) is 22.8. The van der Waals surface area contributed by atoms with Crippen LogP contribution in [-0.4, -0.2) is 68.8 Å². The lowest BCUT2D eigenvalue weighted by Gasteiger charge is -2.61. The van der Waals surface area contributed by atoms with Crippen LogP contribution in [0.4, 0.5) is 5.82 Å². The average Bonchev–Trinajstić information content (AvgIpc) is 2.75. The molecule has 4 N–H and O–H groups in total. The van der Waals surface area contributed by atoms with Gasteiger partial charge in [0, 0.05) is 18.2 Å². The van der Waals surface area contributed by atoms with Crippen LogP contribution in [0.3, 0.4) is 0 Å². The highest BCUT2D eigenvalue weighted by Crippen LogP contribution is 2.45. The van der Waals surface area contributed by atoms with E-state index in [4.69, 9.17) is 10.5 Å². The number of nitrogen functional groups attached to an aromatic ring is 1. The summed E-state index contributed by atoms with van der Waals surface area (Å²) in [4.78, 5) is 20.2. The predicted molar refractivity (Wildman–Crippen MR) is 119 cm³/mol. The molecule has 1 aliphatic carbocycles. The average molecular weight is 435 g/mol. The highest BCUT2D eigenvalue weighted by molar-refractivity contribution is 5.78. The Morgan fingerprint density at radius 1 is 1.42 bits per heavy atom. The summed E-state index contributed by atoms with van der Waals surface area (Å²) in [6.07, 6.45) is 6.91. The highest BCUT2D eigenvalue weighted by atomic mass is 16.5. The van der Waals surface area contributed by atoms with Gasteiger partial charge in [0.05, 0.1) is 6.61 Å². The first-order valence-corrected chi connectivity index (χ1v) is 11.5. The molecule has 8 heteroatoms. The second-order valence-corrected chi connectivity index (χ2v) is 9.25. The smallest absolute Gasteiger partial charge is 0.324 e. The van der Waals surface area contributed by atoms with Crippen molar-refractivity contribution in [2.24, 2.45) is 11.8 Å². The third-order valence-corrected chi connectivity index (χ3v) is 7.32. The molecule has 8 nitrogen and oxygen atoms in total. The first kappa shape index (κ1) is 23.9. The quantitative estimate of drug-likeness (QED) is 0.420. The van der Waals surface area contributed by atoms with Gasteiger partial charge in [0.1, 0.15) is 17.6 Å². The number of aromatic nitrogens is 1. The summed E-state index contributed by atoms with van der Waals surface area (Å²) >= 11 is 0. The van der Waals surface area contributed by atoms with Gasteiger partial charge in [-0.3, -0.25) is 9.69 Å². The molecular weight excluding hydrogens is 396 g/mol. The molecule has 1 saturated carbocycles. The Morgan fingerprint density at radius 2 is 2.10 bits per heavy atom. The summed E-state index contributed by atoms with van der Waals surface area (Å²) in [7, 11) is 1.86. The SMILES string of the molecule is CCOC(=O)C1C(Cc2ccnc(N)c2)C(C)(O)N1C(O)N(C)C(C)C1CCCCC1. The van der Waals surface area contributed by atoms with Crippen LogP contribution >= 0.6 is 0 Å². The summed E-state index contributed by atoms with van der Waals surface area (Å²) in [5.41, 5.74) is 5.30. The second-order valence-electron chi connectivity index (χ2n) is 9.25. The van der Waals surface area contributed by atoms with Crippen molar-refractivity contribution in [3.8, 4) is 0 Å². The molecule has 5 atom stereocenters. The number of likely N-dealkylation sites (tertiary alicyclic amines) is 1. The summed E-state index contributed by atoms with van der Waals surface area (Å²) in [6, 6.07) is 2.95. The van der Waals surface area contributed by atoms with Gasteiger partial charge < -0.3 is 20.7 Å². The second kappa shape index (κ2) is 9.81. The number of hydrogen-bond donors (Lipinski definition) is 3. The van der Waals surface area contributed by atoms with E-state index >= 15 is 0 Å². The molecular formula is C23H38N4O4. The van der Waals surface area contributed by atoms with Crippen LogP contribution in [0.15, 0.2) is 18.3 Å². The van der Waals surface area contributed by atoms with Crippen molar-refractivity contribution >= 4 is 11.8 Å². The maximum atomic E-state index is 12.8. The topological polar surface area (TPSA) is 112 Å². The molecule has 174 valence electrons. The minimum atomic E-state index is -1.38. The fraction of sp³-hybridized carbons (Fsp3) is 0.739. The molecule has 1 aliphatic heterocycles. The fourth-order valence-electron chi connectivity index (χ4n) is 5.30. The van der Waals surface area contributed by atoms with Crippen molar-refractivity contribution in [3.05, 3.63) is 23.9 Å². The Kier molecular flexibility index (Phi) is 7.57. The van der Waals surface area contributed by atoms with Crippen molar-refractivity contribution in [2.75, 3.05) is 19.4 Å². The van der Waals surface area contributed by atoms with Crippen molar-refractivity contribution in [3.63, 3.8) is 0 Å². The lowest BCUT2D eigenvalue weighted by atomic mass is 9.73. The van der Waals surface area contributed by atoms with E-state index in [0.717, 1.165) is 18.4 Å². The number of carbonyl (C=O) groups is 1. The number of ether oxygens (including phenoxy) is 1. The third kappa shape index (κ3) is 4.87. The molecule has 1 aromatic heterocycles. The molecule has 1 aromatic rings. The molecule has 2 heterocycles. The van der Waals surface area contributed by atoms with Gasteiger partial charge in [-0.2, -0.15) is 0 Å². The number of hydrogen-bond acceptors (Lipinski definition) is 8. The monoisotopic (exact) mass is 434 g/mol. The first-order valence-electron chi connectivity index (χ1n) is 11.5. The Bertz CT molecular complexity index is 753. The normalized spacial score (nSPS) is 29.4. The maximum Gasteiger partial charge on any atom is 0.324 e. The number of nitrogens with two attached hydrogens (primary N) is 1. The maximum absolute atomic E-state index is 12.8. The Morgan fingerprint density at radius 3 is 2.71 bits per heavy atom. The standard InChI is InChI=1S/C23H38N4O4/c1-5-31-21(28)20-18(13-16-11-12-25-19(24)14-16)23(3,30)27(20)22(29)26(4)15(2)17-9-7-6-8-10-17/h11-12,14-15,17-18,20,22,29-30H,5-10,13H2,1-4H3,(H2,24,25). The number of carbonyl (C=O) groups excluding carboxylic acids is 1. The molecule has 0 amide bonds. The van der Waals surface area contributed by atoms with E-state index in [2.05, 4.69) is 11.9 Å². The third-order valence-electron chi connectivity index (χ3n) is 7.32. The molecule has 0 bridgehead atoms. The first-order chi connectivity index (χ1) is 14.7. The van der Waals surface area contributed by atoms with Crippen LogP contribution in [0.1, 0.15) is 58.4 Å². The van der Waals surface area contributed by atoms with Crippen LogP contribution in [-0.2, 0) is 16.0 Å². The molecule has 2 fully saturated rings. The molecule has 3 rings (SSSR count). The molecule has 5 unspecified atom stereocenters. The molecule has 0 radical (unpaired) electrons. The van der Waals surface area contributed by atoms with Crippen molar-refractivity contribution in [1.29, 1.82) is 0 Å². The van der Waals surface area contributed by atoms with E-state index in [1.807, 2.05) is 18.0 Å². The van der Waals surface area contributed by atoms with Crippen molar-refractivity contribution in [2.45, 2.75) is 83.5 Å². The van der Waals surface area contributed by atoms with Crippen molar-refractivity contribution in [1.82, 2.24) is 14.8 Å². The van der Waals surface area contributed by atoms with E-state index < -0.39 is 30.0 Å². The number of aliphatic hydroxyl groups is 2. The van der Waals surface area contributed by atoms with Gasteiger partial charge in [-0.15, -0.1) is 0 Å². The molecule has 0 aromatic carbocycles. The van der Waals surface area contributed by atoms with Gasteiger partial charge in [-0.05, 0) is 70.7 Å². The number of nitrogens with zero attached hydrogens (tertiary/aromatic N) is 3. The summed E-state index contributed by atoms with van der Waals surface area (Å²) in [5, 5.41) is 22.6. The Hall–Kier alpha value is -1.74. The van der Waals surface area contributed by atoms with E-state index in [1.165, 1.54) is 24.2 Å². The van der Waals surface area contributed by atoms with E-state index in [1.54, 1.807) is 26.1 Å². The molecule has 1 saturated heterocycles. The number of aliphatic hydroxyl groups excluding tert-OH is 1. The van der Waals surface area contributed by atoms with E-state index in [0.29, 0.717) is 18.2 Å². The van der Waals surface area contributed by atoms with E-state index in [9.17, 15) is 15.0 Å². The van der Waals surface area contributed by atoms with Gasteiger partial charge in [0.15, 0.2) is 6.35 Å². The Balaban J connectivity index is 1.80. The van der Waals surface area contributed by atoms with Crippen LogP contribution in [0.25, 0.3) is 0 Å². The lowest BCUT2D eigenvalue weighted by molar-refractivity contribution is -0.327.